The number of piperidine rings is 1. The number of likely N-dealkylation sites (tertiary alicyclic amines) is 1. The lowest BCUT2D eigenvalue weighted by Crippen LogP contribution is -2.52. The van der Waals surface area contributed by atoms with Gasteiger partial charge in [-0.2, -0.15) is 0 Å². The first-order valence-corrected chi connectivity index (χ1v) is 6.18. The minimum Gasteiger partial charge on any atom is -0.479 e. The predicted molar refractivity (Wildman–Crippen MR) is 63.7 cm³/mol. The van der Waals surface area contributed by atoms with Crippen molar-refractivity contribution >= 4 is 5.90 Å². The number of rotatable bonds is 3. The average Bonchev–Trinajstić information content (AvgIpc) is 2.82. The van der Waals surface area contributed by atoms with E-state index in [9.17, 15) is 5.11 Å². The molecule has 16 heavy (non-hydrogen) atoms. The van der Waals surface area contributed by atoms with E-state index < -0.39 is 0 Å². The van der Waals surface area contributed by atoms with Crippen molar-refractivity contribution in [1.82, 2.24) is 4.90 Å². The first-order valence-electron chi connectivity index (χ1n) is 6.18. The third kappa shape index (κ3) is 1.96. The van der Waals surface area contributed by atoms with Gasteiger partial charge in [-0.15, -0.1) is 0 Å². The molecule has 0 aromatic carbocycles. The Hall–Kier alpha value is -0.610. The quantitative estimate of drug-likeness (QED) is 0.772. The molecule has 4 heteroatoms. The van der Waals surface area contributed by atoms with Gasteiger partial charge in [-0.3, -0.25) is 4.99 Å². The summed E-state index contributed by atoms with van der Waals surface area (Å²) in [7, 11) is 2.12. The van der Waals surface area contributed by atoms with Gasteiger partial charge in [-0.25, -0.2) is 0 Å². The molecule has 1 N–H and O–H groups in total. The summed E-state index contributed by atoms with van der Waals surface area (Å²) in [4.78, 5) is 6.74. The minimum atomic E-state index is -0.0594. The molecule has 0 radical (unpaired) electrons. The number of nitrogens with zero attached hydrogens (tertiary/aromatic N) is 2. The molecule has 0 bridgehead atoms. The summed E-state index contributed by atoms with van der Waals surface area (Å²) in [6.45, 7) is 5.88. The average molecular weight is 226 g/mol. The van der Waals surface area contributed by atoms with Crippen LogP contribution in [0.1, 0.15) is 19.8 Å². The highest BCUT2D eigenvalue weighted by atomic mass is 16.5. The molecule has 0 saturated carbocycles. The summed E-state index contributed by atoms with van der Waals surface area (Å²) in [5, 5.41) is 9.75. The zero-order chi connectivity index (χ0) is 11.6. The molecule has 2 aliphatic heterocycles. The Balaban J connectivity index is 2.20. The number of aliphatic hydroxyl groups excluding tert-OH is 1. The Labute approximate surface area is 97.3 Å². The summed E-state index contributed by atoms with van der Waals surface area (Å²) < 4.78 is 5.61. The lowest BCUT2D eigenvalue weighted by atomic mass is 9.69. The second-order valence-electron chi connectivity index (χ2n) is 5.02. The van der Waals surface area contributed by atoms with Crippen LogP contribution in [0.25, 0.3) is 0 Å². The number of aliphatic hydroxyl groups is 1. The second-order valence-corrected chi connectivity index (χ2v) is 5.02. The van der Waals surface area contributed by atoms with Crippen molar-refractivity contribution in [3.05, 3.63) is 0 Å². The maximum Gasteiger partial charge on any atom is 0.187 e. The summed E-state index contributed by atoms with van der Waals surface area (Å²) in [5.41, 5.74) is -0.0594. The van der Waals surface area contributed by atoms with E-state index in [1.807, 2.05) is 0 Å². The van der Waals surface area contributed by atoms with Crippen molar-refractivity contribution in [3.63, 3.8) is 0 Å². The molecule has 4 nitrogen and oxygen atoms in total. The van der Waals surface area contributed by atoms with E-state index in [2.05, 4.69) is 23.9 Å². The summed E-state index contributed by atoms with van der Waals surface area (Å²) in [6, 6.07) is 0. The smallest absolute Gasteiger partial charge is 0.187 e. The lowest BCUT2D eigenvalue weighted by molar-refractivity contribution is 0.00685. The molecule has 2 atom stereocenters. The SMILES string of the molecule is CC[C@@]1(CO)CN(C)CC[C@@H]1C1=NCCO1. The van der Waals surface area contributed by atoms with Crippen molar-refractivity contribution in [1.29, 1.82) is 0 Å². The molecule has 0 spiro atoms. The van der Waals surface area contributed by atoms with Gasteiger partial charge >= 0.3 is 0 Å². The van der Waals surface area contributed by atoms with E-state index in [1.165, 1.54) is 0 Å². The molecule has 0 amide bonds. The van der Waals surface area contributed by atoms with Gasteiger partial charge in [0.25, 0.3) is 0 Å². The maximum absolute atomic E-state index is 9.75. The molecule has 0 unspecified atom stereocenters. The predicted octanol–water partition coefficient (Wildman–Crippen LogP) is 0.756. The van der Waals surface area contributed by atoms with E-state index in [-0.39, 0.29) is 12.0 Å². The zero-order valence-electron chi connectivity index (χ0n) is 10.3. The molecule has 92 valence electrons. The molecule has 0 aliphatic carbocycles. The fraction of sp³-hybridized carbons (Fsp3) is 0.917. The topological polar surface area (TPSA) is 45.1 Å². The molecule has 2 aliphatic rings. The molecule has 1 saturated heterocycles. The van der Waals surface area contributed by atoms with Crippen LogP contribution in [0.2, 0.25) is 0 Å². The standard InChI is InChI=1S/C12H22N2O2/c1-3-12(9-15)8-14(2)6-4-10(12)11-13-5-7-16-11/h10,15H,3-9H2,1-2H3/t10-,12+/m1/s1. The van der Waals surface area contributed by atoms with Gasteiger partial charge in [-0.05, 0) is 26.4 Å². The normalized spacial score (nSPS) is 35.9. The number of hydrogen-bond acceptors (Lipinski definition) is 4. The highest BCUT2D eigenvalue weighted by Crippen LogP contribution is 2.39. The Morgan fingerprint density at radius 2 is 2.44 bits per heavy atom. The minimum absolute atomic E-state index is 0.0594. The van der Waals surface area contributed by atoms with Crippen LogP contribution < -0.4 is 0 Å². The number of ether oxygens (including phenoxy) is 1. The summed E-state index contributed by atoms with van der Waals surface area (Å²) in [5.74, 6) is 1.20. The third-order valence-corrected chi connectivity index (χ3v) is 4.05. The zero-order valence-corrected chi connectivity index (χ0v) is 10.3. The van der Waals surface area contributed by atoms with E-state index in [0.29, 0.717) is 12.5 Å². The van der Waals surface area contributed by atoms with Crippen LogP contribution in [0.3, 0.4) is 0 Å². The molecular formula is C12H22N2O2. The maximum atomic E-state index is 9.75. The van der Waals surface area contributed by atoms with Crippen molar-refractivity contribution in [2.45, 2.75) is 19.8 Å². The van der Waals surface area contributed by atoms with Crippen LogP contribution in [0, 0.1) is 11.3 Å². The van der Waals surface area contributed by atoms with E-state index in [1.54, 1.807) is 0 Å². The van der Waals surface area contributed by atoms with Crippen LogP contribution in [-0.4, -0.2) is 55.8 Å². The van der Waals surface area contributed by atoms with E-state index >= 15 is 0 Å². The Bertz CT molecular complexity index is 274. The van der Waals surface area contributed by atoms with Gasteiger partial charge < -0.3 is 14.7 Å². The lowest BCUT2D eigenvalue weighted by Gasteiger charge is -2.45. The van der Waals surface area contributed by atoms with Crippen LogP contribution in [0.15, 0.2) is 4.99 Å². The highest BCUT2D eigenvalue weighted by Gasteiger charge is 2.44. The largest absolute Gasteiger partial charge is 0.479 e. The van der Waals surface area contributed by atoms with Gasteiger partial charge in [0.2, 0.25) is 0 Å². The van der Waals surface area contributed by atoms with Crippen LogP contribution >= 0.6 is 0 Å². The molecule has 0 aromatic heterocycles. The van der Waals surface area contributed by atoms with Gasteiger partial charge in [0, 0.05) is 17.9 Å². The molecule has 2 rings (SSSR count). The van der Waals surface area contributed by atoms with Gasteiger partial charge in [0.15, 0.2) is 5.90 Å². The number of aliphatic imine (C=N–C) groups is 1. The van der Waals surface area contributed by atoms with Gasteiger partial charge in [0.05, 0.1) is 13.2 Å². The Morgan fingerprint density at radius 3 is 3.00 bits per heavy atom. The summed E-state index contributed by atoms with van der Waals surface area (Å²) in [6.07, 6.45) is 2.02. The van der Waals surface area contributed by atoms with Crippen molar-refractivity contribution in [3.8, 4) is 0 Å². The molecule has 1 fully saturated rings. The summed E-state index contributed by atoms with van der Waals surface area (Å²) >= 11 is 0. The first-order chi connectivity index (χ1) is 7.72. The first kappa shape index (κ1) is 11.9. The molecular weight excluding hydrogens is 204 g/mol. The second kappa shape index (κ2) is 4.72. The Kier molecular flexibility index (Phi) is 3.50. The highest BCUT2D eigenvalue weighted by molar-refractivity contribution is 5.81. The van der Waals surface area contributed by atoms with Crippen LogP contribution in [0.5, 0.6) is 0 Å². The van der Waals surface area contributed by atoms with Crippen molar-refractivity contribution < 1.29 is 9.84 Å². The van der Waals surface area contributed by atoms with Gasteiger partial charge in [0.1, 0.15) is 6.61 Å². The van der Waals surface area contributed by atoms with E-state index in [4.69, 9.17) is 4.74 Å². The Morgan fingerprint density at radius 1 is 1.62 bits per heavy atom. The fourth-order valence-electron chi connectivity index (χ4n) is 2.96. The van der Waals surface area contributed by atoms with Crippen molar-refractivity contribution in [2.24, 2.45) is 16.3 Å². The molecule has 2 heterocycles. The third-order valence-electron chi connectivity index (χ3n) is 4.05. The van der Waals surface area contributed by atoms with Crippen molar-refractivity contribution in [2.75, 3.05) is 39.9 Å². The fourth-order valence-corrected chi connectivity index (χ4v) is 2.96. The van der Waals surface area contributed by atoms with Gasteiger partial charge in [-0.1, -0.05) is 6.92 Å². The molecule has 0 aromatic rings. The van der Waals surface area contributed by atoms with Crippen LogP contribution in [0.4, 0.5) is 0 Å². The van der Waals surface area contributed by atoms with Crippen LogP contribution in [-0.2, 0) is 4.74 Å². The van der Waals surface area contributed by atoms with E-state index in [0.717, 1.165) is 38.4 Å². The number of hydrogen-bond donors (Lipinski definition) is 1. The monoisotopic (exact) mass is 226 g/mol.